The summed E-state index contributed by atoms with van der Waals surface area (Å²) in [5.41, 5.74) is 7.63. The van der Waals surface area contributed by atoms with Gasteiger partial charge in [0.1, 0.15) is 28.9 Å². The topological polar surface area (TPSA) is 332 Å². The van der Waals surface area contributed by atoms with Crippen LogP contribution in [0.1, 0.15) is 52.5 Å². The van der Waals surface area contributed by atoms with Gasteiger partial charge >= 0.3 is 19.1 Å². The Balaban J connectivity index is 0.000000146. The Kier molecular flexibility index (Phi) is 28.0. The second-order valence-corrected chi connectivity index (χ2v) is 30.0. The Hall–Kier alpha value is -15.0. The number of nitrogens with one attached hydrogen (secondary N) is 8. The van der Waals surface area contributed by atoms with Gasteiger partial charge in [0.05, 0.1) is 69.2 Å². The zero-order valence-electron chi connectivity index (χ0n) is 68.4. The smallest absolute Gasteiger partial charge is 0.406 e. The summed E-state index contributed by atoms with van der Waals surface area (Å²) in [6.45, 7) is 8.11. The molecule has 0 unspecified atom stereocenters. The summed E-state index contributed by atoms with van der Waals surface area (Å²) in [5.74, 6) is -7.14. The molecular weight excluding hydrogens is 1690 g/mol. The van der Waals surface area contributed by atoms with Crippen molar-refractivity contribution in [2.75, 3.05) is 47.4 Å². The molecule has 4 saturated heterocycles. The number of anilines is 4. The predicted molar refractivity (Wildman–Crippen MR) is 447 cm³/mol. The van der Waals surface area contributed by atoms with Crippen LogP contribution in [0.2, 0.25) is 0 Å². The summed E-state index contributed by atoms with van der Waals surface area (Å²) in [6.07, 6.45) is -11.0. The van der Waals surface area contributed by atoms with E-state index in [2.05, 4.69) is 108 Å². The zero-order valence-corrected chi connectivity index (χ0v) is 68.4. The lowest BCUT2D eigenvalue weighted by Gasteiger charge is -2.11. The van der Waals surface area contributed by atoms with Gasteiger partial charge in [0.2, 0.25) is 47.3 Å². The van der Waals surface area contributed by atoms with Gasteiger partial charge in [-0.05, 0) is 128 Å². The number of alkyl halides is 9. The predicted octanol–water partition coefficient (Wildman–Crippen LogP) is 15.5. The molecule has 7 atom stereocenters. The summed E-state index contributed by atoms with van der Waals surface area (Å²) in [6, 6.07) is 60.4. The van der Waals surface area contributed by atoms with Gasteiger partial charge in [-0.15, -0.1) is 59.9 Å². The molecule has 8 aromatic carbocycles. The Morgan fingerprint density at radius 3 is 1.05 bits per heavy atom. The Bertz CT molecular complexity index is 6040. The third-order valence-electron chi connectivity index (χ3n) is 21.0. The Morgan fingerprint density at radius 2 is 0.711 bits per heavy atom. The fourth-order valence-electron chi connectivity index (χ4n) is 14.4. The van der Waals surface area contributed by atoms with Crippen molar-refractivity contribution in [1.29, 1.82) is 0 Å². The van der Waals surface area contributed by atoms with E-state index in [-0.39, 0.29) is 96.3 Å². The highest BCUT2D eigenvalue weighted by Gasteiger charge is 2.41. The first-order valence-corrected chi connectivity index (χ1v) is 40.1. The van der Waals surface area contributed by atoms with Crippen LogP contribution in [0, 0.1) is 53.1 Å². The lowest BCUT2D eigenvalue weighted by molar-refractivity contribution is -0.275. The summed E-state index contributed by atoms with van der Waals surface area (Å²) in [4.78, 5) is 97.1. The molecule has 4 aliphatic heterocycles. The van der Waals surface area contributed by atoms with Crippen LogP contribution in [0.5, 0.6) is 17.2 Å². The van der Waals surface area contributed by atoms with Crippen LogP contribution in [0.3, 0.4) is 0 Å². The van der Waals surface area contributed by atoms with E-state index in [4.69, 9.17) is 0 Å². The number of unbranched alkanes of at least 4 members (excludes halogenated alkanes) is 1. The number of ether oxygens (including phenoxy) is 3. The van der Waals surface area contributed by atoms with E-state index in [0.717, 1.165) is 54.4 Å². The summed E-state index contributed by atoms with van der Waals surface area (Å²) in [5, 5.41) is 39.2. The summed E-state index contributed by atoms with van der Waals surface area (Å²) < 4.78 is 159. The third kappa shape index (κ3) is 23.3. The second kappa shape index (κ2) is 39.5. The SMILES string of the molecule is CCCCc1cccc(-c2cc(NC(=O)[C@H]3CNC(=O)C3)nn2-c2ccccc2)c1.C[C@H]1C(=O)NC[C@@H]1C(=O)Nc1cc(-c2cccc(OC(F)(F)F)c2)n(-c2ccc(F)cc2)n1.C[C@H]1C(=O)NC[C@@H]1C(=O)Nc1cc(-c2cccc(OC(F)(F)F)c2)n(-c2cccc(F)c2)n1.C[C@H]1C(=O)NC[C@@H]1C(=O)Nc1cc(-c2cccc(OC(F)(F)F)c2)n(-c2ccccc2)n1. The number of halogens is 11. The van der Waals surface area contributed by atoms with E-state index in [1.54, 1.807) is 69.3 Å². The van der Waals surface area contributed by atoms with Gasteiger partial charge < -0.3 is 56.7 Å². The number of benzene rings is 8. The fourth-order valence-corrected chi connectivity index (χ4v) is 14.4. The number of hydrogen-bond donors (Lipinski definition) is 8. The van der Waals surface area contributed by atoms with Gasteiger partial charge in [0.15, 0.2) is 23.3 Å². The number of nitrogens with zero attached hydrogens (tertiary/aromatic N) is 8. The van der Waals surface area contributed by atoms with Crippen molar-refractivity contribution in [3.8, 4) is 85.0 Å². The second-order valence-electron chi connectivity index (χ2n) is 30.0. The van der Waals surface area contributed by atoms with E-state index < -0.39 is 89.5 Å². The van der Waals surface area contributed by atoms with Crippen LogP contribution in [-0.4, -0.2) is 132 Å². The normalized spacial score (nSPS) is 17.6. The van der Waals surface area contributed by atoms with E-state index >= 15 is 0 Å². The minimum absolute atomic E-state index is 0.0884. The number of rotatable bonds is 22. The summed E-state index contributed by atoms with van der Waals surface area (Å²) >= 11 is 0. The Labute approximate surface area is 722 Å². The highest BCUT2D eigenvalue weighted by atomic mass is 19.4. The highest BCUT2D eigenvalue weighted by Crippen LogP contribution is 2.38. The minimum atomic E-state index is -4.87. The standard InChI is InChI=1S/C24H26N4O2.2C22H18F4N4O3.C22H19F3N4O3/c1-2-3-8-17-9-7-10-18(13-17)21-15-22(26-24(30)19-14-23(29)25-16-19)27-28(21)20-11-5-4-6-12-20;1-12-17(11-27-20(12)31)21(32)28-19-10-18(30(29-19)15-6-3-5-14(23)9-15)13-4-2-7-16(8-13)33-22(24,25)26;1-12-17(11-27-20(12)31)21(32)28-19-10-18(30(29-19)15-7-5-14(23)6-8-15)13-3-2-4-16(9-13)33-22(24,25)26;1-13-17(12-26-20(13)30)21(31)27-19-11-18(29(28-19)15-7-3-2-4-8-15)14-6-5-9-16(10-14)32-22(23,24)25/h4-7,9-13,15,19H,2-3,8,14,16H2,1H3,(H,25,29)(H,26,27,30);2*2-10,12,17H,11H2,1H3,(H,27,31)(H,28,29,32);2-11,13,17H,12H2,1H3,(H,26,30)(H,27,28,31)/t19-;2*12-,17+;13-,17+/m1111/s1. The molecule has 0 spiro atoms. The van der Waals surface area contributed by atoms with Crippen LogP contribution < -0.4 is 56.7 Å². The number of aromatic nitrogens is 8. The monoisotopic (exact) mass is 1770 g/mol. The Morgan fingerprint density at radius 1 is 0.375 bits per heavy atom. The van der Waals surface area contributed by atoms with Crippen molar-refractivity contribution in [3.05, 3.63) is 248 Å². The molecule has 0 radical (unpaired) electrons. The van der Waals surface area contributed by atoms with Gasteiger partial charge in [-0.2, -0.15) is 0 Å². The molecule has 4 aliphatic rings. The molecule has 664 valence electrons. The van der Waals surface area contributed by atoms with E-state index in [9.17, 15) is 86.7 Å². The number of para-hydroxylation sites is 2. The fraction of sp³-hybridized carbons (Fsp3) is 0.244. The van der Waals surface area contributed by atoms with Crippen LogP contribution in [0.4, 0.5) is 71.6 Å². The molecule has 27 nitrogen and oxygen atoms in total. The summed E-state index contributed by atoms with van der Waals surface area (Å²) in [7, 11) is 0. The van der Waals surface area contributed by atoms with Crippen LogP contribution in [0.15, 0.2) is 231 Å². The molecule has 128 heavy (non-hydrogen) atoms. The van der Waals surface area contributed by atoms with E-state index in [1.165, 1.54) is 117 Å². The quantitative estimate of drug-likeness (QED) is 0.0292. The van der Waals surface area contributed by atoms with Gasteiger partial charge in [-0.1, -0.05) is 131 Å². The maximum Gasteiger partial charge on any atom is 0.573 e. The molecule has 4 fully saturated rings. The zero-order chi connectivity index (χ0) is 91.3. The van der Waals surface area contributed by atoms with Crippen molar-refractivity contribution in [2.45, 2.75) is 72.5 Å². The third-order valence-corrected chi connectivity index (χ3v) is 21.0. The van der Waals surface area contributed by atoms with E-state index in [1.807, 2.05) is 47.1 Å². The highest BCUT2D eigenvalue weighted by molar-refractivity contribution is 6.01. The molecule has 12 aromatic rings. The van der Waals surface area contributed by atoms with Crippen LogP contribution in [0.25, 0.3) is 67.8 Å². The van der Waals surface area contributed by atoms with Crippen molar-refractivity contribution in [1.82, 2.24) is 60.4 Å². The van der Waals surface area contributed by atoms with Gasteiger partial charge in [-0.25, -0.2) is 27.5 Å². The molecule has 0 saturated carbocycles. The first-order chi connectivity index (χ1) is 61.1. The molecule has 0 bridgehead atoms. The minimum Gasteiger partial charge on any atom is -0.406 e. The molecular formula is C90H81F11N16O11. The van der Waals surface area contributed by atoms with Gasteiger partial charge in [-0.3, -0.25) is 38.4 Å². The number of amides is 8. The van der Waals surface area contributed by atoms with Crippen molar-refractivity contribution in [3.63, 3.8) is 0 Å². The lowest BCUT2D eigenvalue weighted by Crippen LogP contribution is -2.28. The maximum absolute atomic E-state index is 13.8. The van der Waals surface area contributed by atoms with Crippen molar-refractivity contribution < 1.29 is 101 Å². The molecule has 0 aliphatic carbocycles. The molecule has 16 rings (SSSR count). The largest absolute Gasteiger partial charge is 0.573 e. The molecule has 8 N–H and O–H groups in total. The van der Waals surface area contributed by atoms with Gasteiger partial charge in [0, 0.05) is 96.9 Å². The van der Waals surface area contributed by atoms with Crippen LogP contribution >= 0.6 is 0 Å². The van der Waals surface area contributed by atoms with Crippen molar-refractivity contribution >= 4 is 70.5 Å². The number of carbonyl (C=O) groups is 8. The molecule has 38 heteroatoms. The first kappa shape index (κ1) is 90.7. The first-order valence-electron chi connectivity index (χ1n) is 40.1. The van der Waals surface area contributed by atoms with Crippen molar-refractivity contribution in [2.24, 2.45) is 41.4 Å². The number of carbonyl (C=O) groups excluding carboxylic acids is 8. The maximum atomic E-state index is 13.8. The molecule has 4 aromatic heterocycles. The average molecular weight is 1770 g/mol. The molecule has 8 amide bonds. The number of aryl methyl sites for hydroxylation is 1. The number of hydrogen-bond acceptors (Lipinski definition) is 15. The molecule has 8 heterocycles. The van der Waals surface area contributed by atoms with E-state index in [0.29, 0.717) is 57.5 Å². The van der Waals surface area contributed by atoms with Crippen LogP contribution in [-0.2, 0) is 44.8 Å². The average Bonchev–Trinajstić information content (AvgIpc) is 1.67. The lowest BCUT2D eigenvalue weighted by atomic mass is 9.97. The van der Waals surface area contributed by atoms with Gasteiger partial charge in [0.25, 0.3) is 0 Å².